The third kappa shape index (κ3) is 2.80. The van der Waals surface area contributed by atoms with Gasteiger partial charge in [0.25, 0.3) is 0 Å². The van der Waals surface area contributed by atoms with Crippen molar-refractivity contribution in [2.45, 2.75) is 13.8 Å². The molecule has 0 saturated carbocycles. The molecule has 0 N–H and O–H groups in total. The van der Waals surface area contributed by atoms with Crippen LogP contribution in [0.4, 0.5) is 0 Å². The maximum absolute atomic E-state index is 3.82. The second kappa shape index (κ2) is 3.59. The molecule has 0 aliphatic rings. The molecule has 0 nitrogen and oxygen atoms in total. The Morgan fingerprint density at radius 2 is 1.50 bits per heavy atom. The first-order valence-corrected chi connectivity index (χ1v) is 4.19. The van der Waals surface area contributed by atoms with Crippen LogP contribution in [-0.2, 0) is 11.7 Å². The molecule has 0 unspecified atom stereocenters. The van der Waals surface area contributed by atoms with Gasteiger partial charge < -0.3 is 0 Å². The van der Waals surface area contributed by atoms with E-state index >= 15 is 0 Å². The van der Waals surface area contributed by atoms with Crippen LogP contribution in [0.5, 0.6) is 0 Å². The van der Waals surface area contributed by atoms with Crippen molar-refractivity contribution in [3.8, 4) is 0 Å². The molecular formula is C6H10CuLi. The van der Waals surface area contributed by atoms with Crippen LogP contribution in [0.25, 0.3) is 0 Å². The van der Waals surface area contributed by atoms with E-state index in [0.717, 1.165) is 0 Å². The Labute approximate surface area is 63.4 Å². The van der Waals surface area contributed by atoms with Crippen LogP contribution >= 0.6 is 0 Å². The van der Waals surface area contributed by atoms with Crippen molar-refractivity contribution in [3.05, 3.63) is 22.1 Å². The van der Waals surface area contributed by atoms with E-state index in [1.807, 2.05) is 13.8 Å². The van der Waals surface area contributed by atoms with Crippen molar-refractivity contribution in [2.75, 3.05) is 0 Å². The zero-order valence-electron chi connectivity index (χ0n) is 5.72. The van der Waals surface area contributed by atoms with E-state index in [9.17, 15) is 0 Å². The van der Waals surface area contributed by atoms with Crippen LogP contribution in [0, 0.1) is 0 Å². The van der Waals surface area contributed by atoms with E-state index in [4.69, 9.17) is 0 Å². The van der Waals surface area contributed by atoms with Crippen molar-refractivity contribution in [3.63, 3.8) is 0 Å². The Kier molecular flexibility index (Phi) is 3.86. The van der Waals surface area contributed by atoms with Gasteiger partial charge in [-0.15, -0.1) is 0 Å². The van der Waals surface area contributed by atoms with Gasteiger partial charge >= 0.3 is 63.4 Å². The molecule has 46 valence electrons. The second-order valence-corrected chi connectivity index (χ2v) is 4.38. The van der Waals surface area contributed by atoms with E-state index in [2.05, 4.69) is 28.9 Å². The molecule has 0 amide bonds. The molecule has 0 saturated heterocycles. The average Bonchev–Trinajstić information content (AvgIpc) is 1.64. The third-order valence-corrected chi connectivity index (χ3v) is 3.18. The standard InChI is InChI=1S/2C3H5.Cu.Li/c2*1-3-2;;/h2*1H2,2H3;;. The minimum absolute atomic E-state index is 0.299. The third-order valence-electron chi connectivity index (χ3n) is 0.772. The van der Waals surface area contributed by atoms with Crippen LogP contribution < -0.4 is 0 Å². The summed E-state index contributed by atoms with van der Waals surface area (Å²) in [6.07, 6.45) is 0. The van der Waals surface area contributed by atoms with E-state index in [1.54, 1.807) is 0 Å². The summed E-state index contributed by atoms with van der Waals surface area (Å²) in [7, 11) is 0. The molecule has 8 heavy (non-hydrogen) atoms. The van der Waals surface area contributed by atoms with E-state index in [0.29, 0.717) is 11.7 Å². The van der Waals surface area contributed by atoms with E-state index in [-0.39, 0.29) is 0 Å². The fourth-order valence-electron chi connectivity index (χ4n) is 0.220. The van der Waals surface area contributed by atoms with Gasteiger partial charge in [0.05, 0.1) is 0 Å². The molecule has 0 aromatic heterocycles. The van der Waals surface area contributed by atoms with Crippen LogP contribution in [0.3, 0.4) is 0 Å². The second-order valence-electron chi connectivity index (χ2n) is 1.60. The molecule has 0 fully saturated rings. The van der Waals surface area contributed by atoms with Crippen LogP contribution in [0.2, 0.25) is 0 Å². The first-order valence-electron chi connectivity index (χ1n) is 2.31. The van der Waals surface area contributed by atoms with Crippen molar-refractivity contribution < 1.29 is 11.7 Å². The summed E-state index contributed by atoms with van der Waals surface area (Å²) in [6, 6.07) is 0. The first kappa shape index (κ1) is 8.60. The summed E-state index contributed by atoms with van der Waals surface area (Å²) < 4.78 is 2.43. The van der Waals surface area contributed by atoms with Gasteiger partial charge in [-0.1, -0.05) is 0 Å². The molecule has 0 atom stereocenters. The Morgan fingerprint density at radius 1 is 1.25 bits per heavy atom. The molecular weight excluding hydrogens is 143 g/mol. The van der Waals surface area contributed by atoms with Gasteiger partial charge in [-0.3, -0.25) is 0 Å². The topological polar surface area (TPSA) is 0 Å². The molecule has 0 radical (unpaired) electrons. The van der Waals surface area contributed by atoms with Crippen molar-refractivity contribution in [2.24, 2.45) is 0 Å². The van der Waals surface area contributed by atoms with Crippen LogP contribution in [-0.4, -0.2) is 15.8 Å². The fourth-order valence-corrected chi connectivity index (χ4v) is 0.906. The van der Waals surface area contributed by atoms with E-state index in [1.165, 1.54) is 8.94 Å². The van der Waals surface area contributed by atoms with Crippen LogP contribution in [0.15, 0.2) is 22.1 Å². The normalized spacial score (nSPS) is 10.8. The SMILES string of the molecule is [Li][Cu]([C](=C)C)[C](=C)C. The zero-order chi connectivity index (χ0) is 6.73. The maximum atomic E-state index is 3.82. The van der Waals surface area contributed by atoms with Crippen molar-refractivity contribution >= 4 is 15.8 Å². The first-order chi connectivity index (χ1) is 3.55. The molecule has 0 aromatic carbocycles. The molecule has 0 aliphatic heterocycles. The number of hydrogen-bond donors (Lipinski definition) is 0. The summed E-state index contributed by atoms with van der Waals surface area (Å²) >= 11 is 2.44. The Hall–Kier alpha value is 0.597. The number of hydrogen-bond acceptors (Lipinski definition) is 0. The number of rotatable bonds is 2. The molecule has 0 aromatic rings. The van der Waals surface area contributed by atoms with Crippen molar-refractivity contribution in [1.29, 1.82) is 0 Å². The molecule has 0 spiro atoms. The predicted molar refractivity (Wildman–Crippen MR) is 35.4 cm³/mol. The fraction of sp³-hybridized carbons (Fsp3) is 0.333. The van der Waals surface area contributed by atoms with Gasteiger partial charge in [-0.05, 0) is 0 Å². The molecule has 0 rings (SSSR count). The molecule has 0 bridgehead atoms. The van der Waals surface area contributed by atoms with Gasteiger partial charge in [0, 0.05) is 0 Å². The molecule has 0 aliphatic carbocycles. The van der Waals surface area contributed by atoms with Gasteiger partial charge in [-0.25, -0.2) is 0 Å². The van der Waals surface area contributed by atoms with E-state index < -0.39 is 0 Å². The van der Waals surface area contributed by atoms with Gasteiger partial charge in [0.15, 0.2) is 0 Å². The summed E-state index contributed by atoms with van der Waals surface area (Å²) in [5, 5.41) is 0. The summed E-state index contributed by atoms with van der Waals surface area (Å²) in [5.41, 5.74) is 0. The van der Waals surface area contributed by atoms with Crippen LogP contribution in [0.1, 0.15) is 13.8 Å². The van der Waals surface area contributed by atoms with Crippen molar-refractivity contribution in [1.82, 2.24) is 0 Å². The average molecular weight is 153 g/mol. The molecule has 2 heteroatoms. The Bertz CT molecular complexity index is 104. The zero-order valence-corrected chi connectivity index (χ0v) is 6.66. The summed E-state index contributed by atoms with van der Waals surface area (Å²) in [4.78, 5) is 0. The van der Waals surface area contributed by atoms with Gasteiger partial charge in [0.2, 0.25) is 0 Å². The van der Waals surface area contributed by atoms with Gasteiger partial charge in [-0.2, -0.15) is 0 Å². The Balaban J connectivity index is 3.83. The predicted octanol–water partition coefficient (Wildman–Crippen LogP) is 1.76. The summed E-state index contributed by atoms with van der Waals surface area (Å²) in [5.74, 6) is 0. The van der Waals surface area contributed by atoms with Gasteiger partial charge in [0.1, 0.15) is 0 Å². The summed E-state index contributed by atoms with van der Waals surface area (Å²) in [6.45, 7) is 11.7. The minimum atomic E-state index is 0.299. The molecule has 0 heterocycles. The monoisotopic (exact) mass is 152 g/mol. The number of allylic oxidation sites excluding steroid dienone is 2. The quantitative estimate of drug-likeness (QED) is 0.529. The Morgan fingerprint density at radius 3 is 1.50 bits per heavy atom.